The van der Waals surface area contributed by atoms with E-state index in [1.165, 1.54) is 5.57 Å². The van der Waals surface area contributed by atoms with Crippen LogP contribution in [0, 0.1) is 5.92 Å². The number of hydrogen-bond donors (Lipinski definition) is 1. The lowest BCUT2D eigenvalue weighted by Gasteiger charge is -2.19. The topological polar surface area (TPSA) is 37.3 Å². The fourth-order valence-corrected chi connectivity index (χ4v) is 2.67. The van der Waals surface area contributed by atoms with Crippen LogP contribution in [0.3, 0.4) is 0 Å². The van der Waals surface area contributed by atoms with Gasteiger partial charge in [0.1, 0.15) is 0 Å². The van der Waals surface area contributed by atoms with Gasteiger partial charge in [-0.3, -0.25) is 4.79 Å². The molecule has 3 heteroatoms. The van der Waals surface area contributed by atoms with E-state index in [0.717, 1.165) is 25.7 Å². The van der Waals surface area contributed by atoms with Gasteiger partial charge in [0.25, 0.3) is 0 Å². The second-order valence-electron chi connectivity index (χ2n) is 4.93. The summed E-state index contributed by atoms with van der Waals surface area (Å²) >= 11 is 5.60. The summed E-state index contributed by atoms with van der Waals surface area (Å²) in [6, 6.07) is 0. The van der Waals surface area contributed by atoms with Gasteiger partial charge in [-0.1, -0.05) is 31.6 Å². The number of allylic oxidation sites excluding steroid dienone is 2. The zero-order valence-corrected chi connectivity index (χ0v) is 12.0. The standard InChI is InChI=1S/C15H23ClO2/c1-3-6-11-7-5-8-13(15(16)18)10-12(4-2)14(17)9-11/h6,10,12,14,17H,3-5,7-9H2,1-2H3/b11-6-,13-10+/t12-,14?/m1/s1. The van der Waals surface area contributed by atoms with E-state index in [2.05, 4.69) is 13.0 Å². The summed E-state index contributed by atoms with van der Waals surface area (Å²) in [6.07, 6.45) is 8.80. The monoisotopic (exact) mass is 270 g/mol. The lowest BCUT2D eigenvalue weighted by molar-refractivity contribution is -0.108. The highest BCUT2D eigenvalue weighted by Gasteiger charge is 2.21. The Hall–Kier alpha value is -0.600. The summed E-state index contributed by atoms with van der Waals surface area (Å²) in [7, 11) is 0. The van der Waals surface area contributed by atoms with Crippen LogP contribution in [-0.2, 0) is 4.79 Å². The van der Waals surface area contributed by atoms with Gasteiger partial charge in [0.2, 0.25) is 5.24 Å². The first-order valence-corrected chi connectivity index (χ1v) is 7.22. The van der Waals surface area contributed by atoms with Crippen molar-refractivity contribution in [1.29, 1.82) is 0 Å². The van der Waals surface area contributed by atoms with Gasteiger partial charge in [0, 0.05) is 11.5 Å². The van der Waals surface area contributed by atoms with Crippen molar-refractivity contribution in [2.45, 2.75) is 58.5 Å². The average Bonchev–Trinajstić information content (AvgIpc) is 2.39. The molecule has 2 atom stereocenters. The molecule has 1 N–H and O–H groups in total. The molecule has 2 nitrogen and oxygen atoms in total. The van der Waals surface area contributed by atoms with E-state index >= 15 is 0 Å². The summed E-state index contributed by atoms with van der Waals surface area (Å²) in [6.45, 7) is 4.14. The van der Waals surface area contributed by atoms with Crippen LogP contribution in [0.5, 0.6) is 0 Å². The molecule has 1 unspecified atom stereocenters. The van der Waals surface area contributed by atoms with Gasteiger partial charge >= 0.3 is 0 Å². The molecule has 0 spiro atoms. The van der Waals surface area contributed by atoms with E-state index in [9.17, 15) is 9.90 Å². The Morgan fingerprint density at radius 2 is 2.22 bits per heavy atom. The highest BCUT2D eigenvalue weighted by atomic mass is 35.5. The molecule has 18 heavy (non-hydrogen) atoms. The molecule has 0 aliphatic heterocycles. The van der Waals surface area contributed by atoms with Gasteiger partial charge in [0.15, 0.2) is 0 Å². The lowest BCUT2D eigenvalue weighted by atomic mass is 9.92. The molecule has 0 aromatic carbocycles. The van der Waals surface area contributed by atoms with Gasteiger partial charge in [-0.2, -0.15) is 0 Å². The minimum Gasteiger partial charge on any atom is -0.392 e. The second-order valence-corrected chi connectivity index (χ2v) is 5.28. The zero-order valence-electron chi connectivity index (χ0n) is 11.3. The Morgan fingerprint density at radius 3 is 2.78 bits per heavy atom. The third kappa shape index (κ3) is 4.58. The molecule has 1 aliphatic carbocycles. The number of carbonyl (C=O) groups excluding carboxylic acids is 1. The van der Waals surface area contributed by atoms with Gasteiger partial charge in [-0.15, -0.1) is 0 Å². The Bertz CT molecular complexity index is 344. The molecule has 0 saturated heterocycles. The SMILES string of the molecule is CC/C=C1/CCC/C(C(=O)Cl)=C\[C@@H](CC)C(O)C1. The number of aliphatic hydroxyl groups excluding tert-OH is 1. The Balaban J connectivity index is 2.92. The van der Waals surface area contributed by atoms with Crippen LogP contribution in [0.4, 0.5) is 0 Å². The molecule has 0 bridgehead atoms. The normalized spacial score (nSPS) is 31.1. The molecule has 0 aromatic rings. The van der Waals surface area contributed by atoms with Crippen molar-refractivity contribution in [3.63, 3.8) is 0 Å². The predicted octanol–water partition coefficient (Wildman–Crippen LogP) is 3.98. The third-order valence-corrected chi connectivity index (χ3v) is 3.78. The van der Waals surface area contributed by atoms with Crippen LogP contribution in [0.1, 0.15) is 52.4 Å². The third-order valence-electron chi connectivity index (χ3n) is 3.54. The van der Waals surface area contributed by atoms with E-state index in [0.29, 0.717) is 18.4 Å². The molecule has 102 valence electrons. The van der Waals surface area contributed by atoms with E-state index in [1.807, 2.05) is 13.0 Å². The van der Waals surface area contributed by atoms with Crippen LogP contribution in [0.25, 0.3) is 0 Å². The molecule has 1 aliphatic rings. The average molecular weight is 271 g/mol. The minimum atomic E-state index is -0.406. The number of hydrogen-bond acceptors (Lipinski definition) is 2. The van der Waals surface area contributed by atoms with Crippen molar-refractivity contribution in [2.75, 3.05) is 0 Å². The highest BCUT2D eigenvalue weighted by molar-refractivity contribution is 6.67. The van der Waals surface area contributed by atoms with Crippen molar-refractivity contribution in [2.24, 2.45) is 5.92 Å². The first-order chi connectivity index (χ1) is 8.58. The molecule has 1 rings (SSSR count). The highest BCUT2D eigenvalue weighted by Crippen LogP contribution is 2.27. The van der Waals surface area contributed by atoms with Crippen molar-refractivity contribution >= 4 is 16.8 Å². The van der Waals surface area contributed by atoms with Crippen LogP contribution < -0.4 is 0 Å². The van der Waals surface area contributed by atoms with Crippen molar-refractivity contribution in [3.8, 4) is 0 Å². The Labute approximate surface area is 115 Å². The minimum absolute atomic E-state index is 0.0288. The molecular weight excluding hydrogens is 248 g/mol. The zero-order chi connectivity index (χ0) is 13.5. The Kier molecular flexibility index (Phi) is 6.66. The molecule has 0 fully saturated rings. The summed E-state index contributed by atoms with van der Waals surface area (Å²) in [5, 5.41) is 9.88. The maximum absolute atomic E-state index is 11.4. The predicted molar refractivity (Wildman–Crippen MR) is 75.6 cm³/mol. The number of carbonyl (C=O) groups is 1. The number of halogens is 1. The number of aliphatic hydroxyl groups is 1. The quantitative estimate of drug-likeness (QED) is 0.622. The van der Waals surface area contributed by atoms with Crippen LogP contribution in [0.2, 0.25) is 0 Å². The first-order valence-electron chi connectivity index (χ1n) is 6.84. The molecule has 0 saturated carbocycles. The smallest absolute Gasteiger partial charge is 0.248 e. The van der Waals surface area contributed by atoms with E-state index in [4.69, 9.17) is 11.6 Å². The molecule has 0 aromatic heterocycles. The fourth-order valence-electron chi connectivity index (χ4n) is 2.51. The molecule has 0 heterocycles. The largest absolute Gasteiger partial charge is 0.392 e. The summed E-state index contributed by atoms with van der Waals surface area (Å²) in [4.78, 5) is 11.4. The van der Waals surface area contributed by atoms with Crippen LogP contribution in [0.15, 0.2) is 23.3 Å². The molecule has 0 amide bonds. The van der Waals surface area contributed by atoms with Crippen molar-refractivity contribution in [3.05, 3.63) is 23.3 Å². The van der Waals surface area contributed by atoms with Crippen LogP contribution >= 0.6 is 11.6 Å². The van der Waals surface area contributed by atoms with Crippen molar-refractivity contribution in [1.82, 2.24) is 0 Å². The maximum atomic E-state index is 11.4. The first kappa shape index (κ1) is 15.5. The summed E-state index contributed by atoms with van der Waals surface area (Å²) < 4.78 is 0. The van der Waals surface area contributed by atoms with E-state index in [-0.39, 0.29) is 11.2 Å². The summed E-state index contributed by atoms with van der Waals surface area (Å²) in [5.41, 5.74) is 1.97. The van der Waals surface area contributed by atoms with E-state index < -0.39 is 6.10 Å². The molecular formula is C15H23ClO2. The molecule has 0 radical (unpaired) electrons. The lowest BCUT2D eigenvalue weighted by Crippen LogP contribution is -2.19. The van der Waals surface area contributed by atoms with Gasteiger partial charge in [-0.05, 0) is 50.1 Å². The second kappa shape index (κ2) is 7.75. The van der Waals surface area contributed by atoms with Gasteiger partial charge in [0.05, 0.1) is 6.10 Å². The van der Waals surface area contributed by atoms with Gasteiger partial charge in [-0.25, -0.2) is 0 Å². The summed E-state index contributed by atoms with van der Waals surface area (Å²) in [5.74, 6) is 0.0288. The van der Waals surface area contributed by atoms with Crippen LogP contribution in [-0.4, -0.2) is 16.5 Å². The fraction of sp³-hybridized carbons (Fsp3) is 0.667. The Morgan fingerprint density at radius 1 is 1.50 bits per heavy atom. The van der Waals surface area contributed by atoms with Gasteiger partial charge < -0.3 is 5.11 Å². The number of rotatable bonds is 3. The maximum Gasteiger partial charge on any atom is 0.248 e. The van der Waals surface area contributed by atoms with E-state index in [1.54, 1.807) is 0 Å². The van der Waals surface area contributed by atoms with Crippen molar-refractivity contribution < 1.29 is 9.90 Å².